The summed E-state index contributed by atoms with van der Waals surface area (Å²) in [6.45, 7) is 4.14. The van der Waals surface area contributed by atoms with Crippen LogP contribution in [0.2, 0.25) is 0 Å². The molecule has 7 heteroatoms. The number of hydrogen-bond acceptors (Lipinski definition) is 7. The van der Waals surface area contributed by atoms with Crippen molar-refractivity contribution in [2.75, 3.05) is 50.6 Å². The van der Waals surface area contributed by atoms with E-state index in [0.29, 0.717) is 5.95 Å². The van der Waals surface area contributed by atoms with E-state index >= 15 is 0 Å². The summed E-state index contributed by atoms with van der Waals surface area (Å²) in [5, 5.41) is 3.33. The van der Waals surface area contributed by atoms with E-state index in [1.807, 2.05) is 30.3 Å². The van der Waals surface area contributed by atoms with Crippen LogP contribution in [0.15, 0.2) is 67.0 Å². The van der Waals surface area contributed by atoms with Crippen molar-refractivity contribution in [2.24, 2.45) is 0 Å². The molecule has 4 aromatic rings. The van der Waals surface area contributed by atoms with E-state index in [-0.39, 0.29) is 0 Å². The Kier molecular flexibility index (Phi) is 5.56. The minimum Gasteiger partial charge on any atom is -0.494 e. The molecule has 3 heterocycles. The molecule has 32 heavy (non-hydrogen) atoms. The maximum absolute atomic E-state index is 5.68. The van der Waals surface area contributed by atoms with E-state index in [0.717, 1.165) is 65.5 Å². The Morgan fingerprint density at radius 3 is 2.53 bits per heavy atom. The van der Waals surface area contributed by atoms with E-state index in [9.17, 15) is 0 Å². The first kappa shape index (κ1) is 20.2. The number of piperazine rings is 1. The first-order valence-corrected chi connectivity index (χ1v) is 10.8. The maximum atomic E-state index is 5.68. The predicted molar refractivity (Wildman–Crippen MR) is 129 cm³/mol. The van der Waals surface area contributed by atoms with Gasteiger partial charge in [-0.05, 0) is 30.8 Å². The quantitative estimate of drug-likeness (QED) is 0.513. The summed E-state index contributed by atoms with van der Waals surface area (Å²) in [7, 11) is 3.85. The van der Waals surface area contributed by atoms with Gasteiger partial charge in [0.2, 0.25) is 5.95 Å². The highest BCUT2D eigenvalue weighted by Gasteiger charge is 2.16. The number of nitrogens with one attached hydrogen (secondary N) is 1. The lowest BCUT2D eigenvalue weighted by Crippen LogP contribution is -2.44. The summed E-state index contributed by atoms with van der Waals surface area (Å²) in [4.78, 5) is 18.4. The van der Waals surface area contributed by atoms with Gasteiger partial charge >= 0.3 is 0 Å². The summed E-state index contributed by atoms with van der Waals surface area (Å²) in [6, 6.07) is 18.4. The first-order valence-electron chi connectivity index (χ1n) is 10.8. The fourth-order valence-electron chi connectivity index (χ4n) is 4.02. The summed E-state index contributed by atoms with van der Waals surface area (Å²) < 4.78 is 5.68. The summed E-state index contributed by atoms with van der Waals surface area (Å²) in [5.41, 5.74) is 5.68. The molecule has 2 aromatic heterocycles. The number of ether oxygens (including phenoxy) is 1. The van der Waals surface area contributed by atoms with Gasteiger partial charge < -0.3 is 19.9 Å². The molecule has 1 aliphatic rings. The van der Waals surface area contributed by atoms with Crippen molar-refractivity contribution in [2.45, 2.75) is 0 Å². The highest BCUT2D eigenvalue weighted by Crippen LogP contribution is 2.33. The van der Waals surface area contributed by atoms with Crippen molar-refractivity contribution in [3.8, 4) is 16.9 Å². The third-order valence-electron chi connectivity index (χ3n) is 5.86. The lowest BCUT2D eigenvalue weighted by Gasteiger charge is -2.34. The van der Waals surface area contributed by atoms with Gasteiger partial charge in [0.15, 0.2) is 0 Å². The van der Waals surface area contributed by atoms with Gasteiger partial charge in [-0.3, -0.25) is 4.98 Å². The van der Waals surface area contributed by atoms with Crippen molar-refractivity contribution in [3.05, 3.63) is 67.0 Å². The van der Waals surface area contributed by atoms with E-state index in [2.05, 4.69) is 56.4 Å². The van der Waals surface area contributed by atoms with E-state index in [1.54, 1.807) is 19.5 Å². The molecule has 162 valence electrons. The third kappa shape index (κ3) is 4.07. The Morgan fingerprint density at radius 2 is 1.75 bits per heavy atom. The molecule has 5 rings (SSSR count). The number of fused-ring (bicyclic) bond motifs is 1. The molecule has 1 aliphatic heterocycles. The van der Waals surface area contributed by atoms with Crippen LogP contribution in [0.25, 0.3) is 22.2 Å². The maximum Gasteiger partial charge on any atom is 0.227 e. The van der Waals surface area contributed by atoms with Crippen molar-refractivity contribution in [1.82, 2.24) is 19.9 Å². The molecule has 0 bridgehead atoms. The molecule has 1 N–H and O–H groups in total. The van der Waals surface area contributed by atoms with Crippen LogP contribution < -0.4 is 15.0 Å². The molecular formula is C25H26N6O. The van der Waals surface area contributed by atoms with E-state index < -0.39 is 0 Å². The van der Waals surface area contributed by atoms with Gasteiger partial charge in [0.1, 0.15) is 16.8 Å². The van der Waals surface area contributed by atoms with Gasteiger partial charge in [0.05, 0.1) is 19.0 Å². The average Bonchev–Trinajstić information content (AvgIpc) is 2.85. The topological polar surface area (TPSA) is 66.4 Å². The van der Waals surface area contributed by atoms with Crippen LogP contribution in [0.3, 0.4) is 0 Å². The molecule has 0 amide bonds. The second-order valence-electron chi connectivity index (χ2n) is 7.95. The molecule has 7 nitrogen and oxygen atoms in total. The normalized spacial score (nSPS) is 14.5. The second kappa shape index (κ2) is 8.80. The molecule has 0 saturated carbocycles. The lowest BCUT2D eigenvalue weighted by atomic mass is 10.1. The molecule has 0 radical (unpaired) electrons. The van der Waals surface area contributed by atoms with Crippen molar-refractivity contribution < 1.29 is 4.74 Å². The predicted octanol–water partition coefficient (Wildman–Crippen LogP) is 4.20. The third-order valence-corrected chi connectivity index (χ3v) is 5.86. The van der Waals surface area contributed by atoms with Crippen LogP contribution in [0.1, 0.15) is 0 Å². The number of anilines is 3. The Hall–Kier alpha value is -3.71. The Balaban J connectivity index is 1.45. The lowest BCUT2D eigenvalue weighted by molar-refractivity contribution is 0.312. The van der Waals surface area contributed by atoms with Gasteiger partial charge in [-0.25, -0.2) is 9.97 Å². The average molecular weight is 427 g/mol. The van der Waals surface area contributed by atoms with Gasteiger partial charge in [0.25, 0.3) is 0 Å². The monoisotopic (exact) mass is 426 g/mol. The van der Waals surface area contributed by atoms with E-state index in [4.69, 9.17) is 9.72 Å². The molecule has 1 fully saturated rings. The fourth-order valence-corrected chi connectivity index (χ4v) is 4.02. The number of hydrogen-bond donors (Lipinski definition) is 1. The number of nitrogens with zero attached hydrogens (tertiary/aromatic N) is 5. The van der Waals surface area contributed by atoms with Crippen LogP contribution in [0, 0.1) is 0 Å². The molecule has 0 atom stereocenters. The van der Waals surface area contributed by atoms with Crippen molar-refractivity contribution in [1.29, 1.82) is 0 Å². The number of benzene rings is 2. The van der Waals surface area contributed by atoms with Crippen LogP contribution in [0.5, 0.6) is 5.75 Å². The molecule has 0 aliphatic carbocycles. The zero-order valence-electron chi connectivity index (χ0n) is 18.3. The standard InChI is InChI=1S/C25H26N6O/c1-30-12-14-31(15-13-30)19-8-9-21(23(16-19)32-2)28-25-27-17-22-24(29-25)20(10-11-26-22)18-6-4-3-5-7-18/h3-11,16-17H,12-15H2,1-2H3,(H,27,28,29). The minimum absolute atomic E-state index is 0.508. The van der Waals surface area contributed by atoms with Crippen LogP contribution >= 0.6 is 0 Å². The second-order valence-corrected chi connectivity index (χ2v) is 7.95. The summed E-state index contributed by atoms with van der Waals surface area (Å²) in [6.07, 6.45) is 3.55. The molecule has 2 aromatic carbocycles. The molecule has 0 unspecified atom stereocenters. The summed E-state index contributed by atoms with van der Waals surface area (Å²) in [5.74, 6) is 1.27. The SMILES string of the molecule is COc1cc(N2CCN(C)CC2)ccc1Nc1ncc2nccc(-c3ccccc3)c2n1. The largest absolute Gasteiger partial charge is 0.494 e. The smallest absolute Gasteiger partial charge is 0.227 e. The number of pyridine rings is 1. The Labute approximate surface area is 187 Å². The summed E-state index contributed by atoms with van der Waals surface area (Å²) >= 11 is 0. The van der Waals surface area contributed by atoms with Crippen molar-refractivity contribution >= 4 is 28.4 Å². The van der Waals surface area contributed by atoms with Crippen molar-refractivity contribution in [3.63, 3.8) is 0 Å². The molecular weight excluding hydrogens is 400 g/mol. The Bertz CT molecular complexity index is 1220. The van der Waals surface area contributed by atoms with Crippen LogP contribution in [-0.2, 0) is 0 Å². The number of likely N-dealkylation sites (N-methyl/N-ethyl adjacent to an activating group) is 1. The highest BCUT2D eigenvalue weighted by atomic mass is 16.5. The van der Waals surface area contributed by atoms with Gasteiger partial charge in [-0.2, -0.15) is 0 Å². The van der Waals surface area contributed by atoms with Gasteiger partial charge in [-0.1, -0.05) is 30.3 Å². The zero-order valence-corrected chi connectivity index (χ0v) is 18.3. The number of rotatable bonds is 5. The van der Waals surface area contributed by atoms with Crippen LogP contribution in [-0.4, -0.2) is 60.2 Å². The fraction of sp³-hybridized carbons (Fsp3) is 0.240. The van der Waals surface area contributed by atoms with Gasteiger partial charge in [0, 0.05) is 49.7 Å². The Morgan fingerprint density at radius 1 is 0.938 bits per heavy atom. The number of methoxy groups -OCH3 is 1. The van der Waals surface area contributed by atoms with E-state index in [1.165, 1.54) is 0 Å². The first-order chi connectivity index (χ1) is 15.7. The minimum atomic E-state index is 0.508. The zero-order chi connectivity index (χ0) is 21.9. The van der Waals surface area contributed by atoms with Gasteiger partial charge in [-0.15, -0.1) is 0 Å². The molecule has 0 spiro atoms. The van der Waals surface area contributed by atoms with Crippen LogP contribution in [0.4, 0.5) is 17.3 Å². The molecule has 1 saturated heterocycles. The highest BCUT2D eigenvalue weighted by molar-refractivity contribution is 5.91. The number of aromatic nitrogens is 3.